The molecule has 0 amide bonds. The van der Waals surface area contributed by atoms with Gasteiger partial charge < -0.3 is 5.73 Å². The smallest absolute Gasteiger partial charge is 0.176 e. The highest BCUT2D eigenvalue weighted by Gasteiger charge is 2.08. The highest BCUT2D eigenvalue weighted by molar-refractivity contribution is 5.72. The summed E-state index contributed by atoms with van der Waals surface area (Å²) in [6, 6.07) is 0. The van der Waals surface area contributed by atoms with Crippen LogP contribution in [0.5, 0.6) is 0 Å². The Balaban J connectivity index is 2.63. The van der Waals surface area contributed by atoms with Gasteiger partial charge in [0.1, 0.15) is 5.52 Å². The Labute approximate surface area is 75.6 Å². The van der Waals surface area contributed by atoms with Crippen molar-refractivity contribution in [3.8, 4) is 0 Å². The van der Waals surface area contributed by atoms with Gasteiger partial charge in [-0.05, 0) is 6.54 Å². The van der Waals surface area contributed by atoms with Crippen molar-refractivity contribution in [2.75, 3.05) is 6.54 Å². The van der Waals surface area contributed by atoms with E-state index in [4.69, 9.17) is 5.73 Å². The van der Waals surface area contributed by atoms with Crippen LogP contribution in [0.3, 0.4) is 0 Å². The van der Waals surface area contributed by atoms with E-state index in [1.165, 1.54) is 0 Å². The zero-order valence-electron chi connectivity index (χ0n) is 7.44. The molecule has 0 bridgehead atoms. The van der Waals surface area contributed by atoms with Gasteiger partial charge in [-0.1, -0.05) is 0 Å². The van der Waals surface area contributed by atoms with Crippen LogP contribution in [0.25, 0.3) is 11.2 Å². The summed E-state index contributed by atoms with van der Waals surface area (Å²) in [6.45, 7) is 0.586. The molecule has 0 saturated heterocycles. The molecule has 68 valence electrons. The molecule has 2 aromatic heterocycles. The second kappa shape index (κ2) is 3.10. The molecule has 0 saturated carbocycles. The topological polar surface area (TPSA) is 69.6 Å². The van der Waals surface area contributed by atoms with Crippen molar-refractivity contribution >= 4 is 11.2 Å². The summed E-state index contributed by atoms with van der Waals surface area (Å²) in [7, 11) is 1.86. The number of aryl methyl sites for hydroxylation is 1. The van der Waals surface area contributed by atoms with Crippen molar-refractivity contribution in [1.82, 2.24) is 19.7 Å². The Morgan fingerprint density at radius 1 is 1.38 bits per heavy atom. The summed E-state index contributed by atoms with van der Waals surface area (Å²) >= 11 is 0. The first-order chi connectivity index (χ1) is 6.33. The molecule has 0 aliphatic heterocycles. The van der Waals surface area contributed by atoms with Crippen LogP contribution >= 0.6 is 0 Å². The van der Waals surface area contributed by atoms with Crippen molar-refractivity contribution in [2.24, 2.45) is 12.8 Å². The minimum Gasteiger partial charge on any atom is -0.330 e. The molecule has 2 N–H and O–H groups in total. The van der Waals surface area contributed by atoms with Crippen LogP contribution in [0.4, 0.5) is 0 Å². The third-order valence-corrected chi connectivity index (χ3v) is 1.91. The molecule has 0 aromatic carbocycles. The van der Waals surface area contributed by atoms with Crippen molar-refractivity contribution in [1.29, 1.82) is 0 Å². The molecular formula is C8H11N5. The van der Waals surface area contributed by atoms with Gasteiger partial charge in [0, 0.05) is 25.9 Å². The van der Waals surface area contributed by atoms with Crippen molar-refractivity contribution < 1.29 is 0 Å². The van der Waals surface area contributed by atoms with Crippen LogP contribution < -0.4 is 5.73 Å². The van der Waals surface area contributed by atoms with Crippen LogP contribution in [-0.4, -0.2) is 26.3 Å². The lowest BCUT2D eigenvalue weighted by molar-refractivity contribution is 0.753. The number of rotatable bonds is 2. The molecule has 0 aliphatic carbocycles. The van der Waals surface area contributed by atoms with E-state index in [-0.39, 0.29) is 0 Å². The van der Waals surface area contributed by atoms with Gasteiger partial charge in [0.05, 0.1) is 5.69 Å². The summed E-state index contributed by atoms with van der Waals surface area (Å²) in [4.78, 5) is 8.40. The van der Waals surface area contributed by atoms with Crippen LogP contribution in [0.15, 0.2) is 12.4 Å². The van der Waals surface area contributed by atoms with Crippen LogP contribution in [0.1, 0.15) is 5.69 Å². The van der Waals surface area contributed by atoms with Crippen molar-refractivity contribution in [3.63, 3.8) is 0 Å². The molecular weight excluding hydrogens is 166 g/mol. The summed E-state index contributed by atoms with van der Waals surface area (Å²) < 4.78 is 1.73. The maximum Gasteiger partial charge on any atom is 0.176 e. The van der Waals surface area contributed by atoms with Crippen LogP contribution in [0.2, 0.25) is 0 Å². The van der Waals surface area contributed by atoms with E-state index in [0.29, 0.717) is 6.54 Å². The Morgan fingerprint density at radius 2 is 2.15 bits per heavy atom. The highest BCUT2D eigenvalue weighted by atomic mass is 15.3. The van der Waals surface area contributed by atoms with Crippen LogP contribution in [0, 0.1) is 0 Å². The second-order valence-corrected chi connectivity index (χ2v) is 2.84. The Hall–Kier alpha value is -1.49. The lowest BCUT2D eigenvalue weighted by Crippen LogP contribution is -2.04. The quantitative estimate of drug-likeness (QED) is 0.693. The molecule has 0 aliphatic rings. The third-order valence-electron chi connectivity index (χ3n) is 1.91. The fourth-order valence-corrected chi connectivity index (χ4v) is 1.35. The van der Waals surface area contributed by atoms with Gasteiger partial charge in [-0.3, -0.25) is 0 Å². The van der Waals surface area contributed by atoms with Gasteiger partial charge in [-0.2, -0.15) is 5.10 Å². The van der Waals surface area contributed by atoms with E-state index < -0.39 is 0 Å². The van der Waals surface area contributed by atoms with E-state index >= 15 is 0 Å². The highest BCUT2D eigenvalue weighted by Crippen LogP contribution is 2.11. The van der Waals surface area contributed by atoms with Gasteiger partial charge >= 0.3 is 0 Å². The maximum absolute atomic E-state index is 5.46. The molecule has 0 radical (unpaired) electrons. The molecule has 0 fully saturated rings. The fraction of sp³-hybridized carbons (Fsp3) is 0.375. The summed E-state index contributed by atoms with van der Waals surface area (Å²) in [5.74, 6) is 0. The maximum atomic E-state index is 5.46. The van der Waals surface area contributed by atoms with E-state index in [2.05, 4.69) is 15.1 Å². The summed E-state index contributed by atoms with van der Waals surface area (Å²) in [5, 5.41) is 4.29. The average Bonchev–Trinajstić information content (AvgIpc) is 2.46. The number of nitrogens with zero attached hydrogens (tertiary/aromatic N) is 4. The molecule has 0 spiro atoms. The lowest BCUT2D eigenvalue weighted by Gasteiger charge is -1.90. The van der Waals surface area contributed by atoms with E-state index in [1.54, 1.807) is 17.1 Å². The Bertz CT molecular complexity index is 419. The lowest BCUT2D eigenvalue weighted by atomic mass is 10.3. The monoisotopic (exact) mass is 177 g/mol. The predicted molar refractivity (Wildman–Crippen MR) is 49.1 cm³/mol. The largest absolute Gasteiger partial charge is 0.330 e. The molecule has 0 unspecified atom stereocenters. The van der Waals surface area contributed by atoms with Crippen molar-refractivity contribution in [2.45, 2.75) is 6.42 Å². The third kappa shape index (κ3) is 1.27. The molecule has 0 atom stereocenters. The number of fused-ring (bicyclic) bond motifs is 1. The zero-order chi connectivity index (χ0) is 9.26. The molecule has 5 heteroatoms. The molecule has 2 rings (SSSR count). The van der Waals surface area contributed by atoms with Gasteiger partial charge in [-0.15, -0.1) is 0 Å². The molecule has 2 aromatic rings. The molecule has 13 heavy (non-hydrogen) atoms. The number of aromatic nitrogens is 4. The van der Waals surface area contributed by atoms with E-state index in [9.17, 15) is 0 Å². The fourth-order valence-electron chi connectivity index (χ4n) is 1.35. The number of hydrogen-bond donors (Lipinski definition) is 1. The minimum absolute atomic E-state index is 0.586. The number of nitrogens with two attached hydrogens (primary N) is 1. The Kier molecular flexibility index (Phi) is 1.94. The van der Waals surface area contributed by atoms with Gasteiger partial charge in [-0.25, -0.2) is 14.6 Å². The number of hydrogen-bond acceptors (Lipinski definition) is 4. The standard InChI is InChI=1S/C8H11N5/c1-13-8-7(10-4-5-11-8)6(12-13)2-3-9/h4-5H,2-3,9H2,1H3. The van der Waals surface area contributed by atoms with Crippen molar-refractivity contribution in [3.05, 3.63) is 18.1 Å². The SMILES string of the molecule is Cn1nc(CCN)c2nccnc21. The predicted octanol–water partition coefficient (Wildman–Crippen LogP) is -0.136. The second-order valence-electron chi connectivity index (χ2n) is 2.84. The minimum atomic E-state index is 0.586. The Morgan fingerprint density at radius 3 is 2.92 bits per heavy atom. The zero-order valence-corrected chi connectivity index (χ0v) is 7.44. The van der Waals surface area contributed by atoms with Gasteiger partial charge in [0.2, 0.25) is 0 Å². The van der Waals surface area contributed by atoms with E-state index in [0.717, 1.165) is 23.3 Å². The molecule has 2 heterocycles. The van der Waals surface area contributed by atoms with Gasteiger partial charge in [0.25, 0.3) is 0 Å². The first kappa shape index (κ1) is 8.12. The first-order valence-corrected chi connectivity index (χ1v) is 4.15. The summed E-state index contributed by atoms with van der Waals surface area (Å²) in [6.07, 6.45) is 4.08. The summed E-state index contributed by atoms with van der Waals surface area (Å²) in [5.41, 5.74) is 8.06. The average molecular weight is 177 g/mol. The van der Waals surface area contributed by atoms with Gasteiger partial charge in [0.15, 0.2) is 5.65 Å². The van der Waals surface area contributed by atoms with E-state index in [1.807, 2.05) is 7.05 Å². The molecule has 5 nitrogen and oxygen atoms in total. The van der Waals surface area contributed by atoms with Crippen LogP contribution in [-0.2, 0) is 13.5 Å². The first-order valence-electron chi connectivity index (χ1n) is 4.15. The normalized spacial score (nSPS) is 10.9.